The minimum absolute atomic E-state index is 0.00185. The van der Waals surface area contributed by atoms with Crippen LogP contribution in [0.15, 0.2) is 0 Å². The third-order valence-electron chi connectivity index (χ3n) is 2.26. The summed E-state index contributed by atoms with van der Waals surface area (Å²) in [5, 5.41) is 0. The third-order valence-corrected chi connectivity index (χ3v) is 2.26. The van der Waals surface area contributed by atoms with Crippen LogP contribution in [0.1, 0.15) is 0 Å². The first kappa shape index (κ1) is 5.46. The van der Waals surface area contributed by atoms with Crippen molar-refractivity contribution in [2.75, 3.05) is 6.61 Å². The Morgan fingerprint density at radius 1 is 1.10 bits per heavy atom. The van der Waals surface area contributed by atoms with E-state index in [-0.39, 0.29) is 18.3 Å². The number of epoxide rings is 1. The van der Waals surface area contributed by atoms with Crippen LogP contribution in [0.25, 0.3) is 0 Å². The molecule has 0 amide bonds. The van der Waals surface area contributed by atoms with E-state index in [1.807, 2.05) is 0 Å². The molecular formula is C6H7FO3. The zero-order chi connectivity index (χ0) is 6.72. The van der Waals surface area contributed by atoms with Crippen molar-refractivity contribution in [1.29, 1.82) is 0 Å². The van der Waals surface area contributed by atoms with Crippen molar-refractivity contribution in [3.63, 3.8) is 0 Å². The van der Waals surface area contributed by atoms with Gasteiger partial charge in [-0.25, -0.2) is 4.39 Å². The zero-order valence-corrected chi connectivity index (χ0v) is 5.20. The molecule has 2 bridgehead atoms. The topological polar surface area (TPSA) is 31.0 Å². The lowest BCUT2D eigenvalue weighted by molar-refractivity contribution is -0.221. The maximum absolute atomic E-state index is 12.7. The van der Waals surface area contributed by atoms with Crippen molar-refractivity contribution in [3.8, 4) is 0 Å². The molecule has 3 aliphatic rings. The van der Waals surface area contributed by atoms with Crippen LogP contribution in [0.2, 0.25) is 0 Å². The maximum atomic E-state index is 12.7. The van der Waals surface area contributed by atoms with Gasteiger partial charge >= 0.3 is 0 Å². The van der Waals surface area contributed by atoms with Gasteiger partial charge in [-0.3, -0.25) is 0 Å². The minimum atomic E-state index is -1.27. The molecule has 0 aromatic heterocycles. The Labute approximate surface area is 57.1 Å². The summed E-state index contributed by atoms with van der Waals surface area (Å²) in [5.74, 6) is 0. The van der Waals surface area contributed by atoms with Gasteiger partial charge in [0.1, 0.15) is 24.4 Å². The number of halogens is 1. The van der Waals surface area contributed by atoms with Crippen molar-refractivity contribution >= 4 is 0 Å². The first-order chi connectivity index (χ1) is 4.86. The molecule has 56 valence electrons. The van der Waals surface area contributed by atoms with Gasteiger partial charge in [0.2, 0.25) is 6.36 Å². The molecule has 0 N–H and O–H groups in total. The predicted octanol–water partition coefficient (Wildman–Crippen LogP) is -0.153. The summed E-state index contributed by atoms with van der Waals surface area (Å²) in [5.41, 5.74) is 0. The molecule has 3 saturated heterocycles. The second-order valence-electron chi connectivity index (χ2n) is 2.89. The Morgan fingerprint density at radius 3 is 2.80 bits per heavy atom. The number of hydrogen-bond acceptors (Lipinski definition) is 3. The largest absolute Gasteiger partial charge is 0.364 e. The van der Waals surface area contributed by atoms with Gasteiger partial charge in [0, 0.05) is 0 Å². The van der Waals surface area contributed by atoms with Crippen LogP contribution in [0, 0.1) is 0 Å². The lowest BCUT2D eigenvalue weighted by Crippen LogP contribution is -2.39. The molecule has 3 fully saturated rings. The molecule has 3 nitrogen and oxygen atoms in total. The van der Waals surface area contributed by atoms with E-state index in [1.54, 1.807) is 0 Å². The molecule has 0 aromatic rings. The summed E-state index contributed by atoms with van der Waals surface area (Å²) in [6.07, 6.45) is -1.59. The smallest absolute Gasteiger partial charge is 0.228 e. The van der Waals surface area contributed by atoms with Crippen molar-refractivity contribution < 1.29 is 18.6 Å². The summed E-state index contributed by atoms with van der Waals surface area (Å²) in [6, 6.07) is 0. The van der Waals surface area contributed by atoms with Crippen LogP contribution in [-0.4, -0.2) is 37.4 Å². The SMILES string of the molecule is F[C@H]1OC[C@H]2O[C@@H]1[C@H]1O[C@H]12. The van der Waals surface area contributed by atoms with E-state index in [2.05, 4.69) is 0 Å². The molecule has 5 atom stereocenters. The monoisotopic (exact) mass is 146 g/mol. The molecule has 0 aliphatic carbocycles. The highest BCUT2D eigenvalue weighted by Crippen LogP contribution is 2.44. The fourth-order valence-electron chi connectivity index (χ4n) is 1.68. The van der Waals surface area contributed by atoms with Gasteiger partial charge in [-0.1, -0.05) is 0 Å². The van der Waals surface area contributed by atoms with Crippen molar-refractivity contribution in [3.05, 3.63) is 0 Å². The van der Waals surface area contributed by atoms with E-state index in [4.69, 9.17) is 14.2 Å². The van der Waals surface area contributed by atoms with E-state index < -0.39 is 12.5 Å². The Morgan fingerprint density at radius 2 is 2.00 bits per heavy atom. The van der Waals surface area contributed by atoms with Gasteiger partial charge in [-0.2, -0.15) is 0 Å². The highest BCUT2D eigenvalue weighted by molar-refractivity contribution is 5.06. The molecule has 0 aromatic carbocycles. The van der Waals surface area contributed by atoms with Crippen LogP contribution in [0.4, 0.5) is 4.39 Å². The summed E-state index contributed by atoms with van der Waals surface area (Å²) in [4.78, 5) is 0. The second kappa shape index (κ2) is 1.52. The lowest BCUT2D eigenvalue weighted by atomic mass is 10.2. The predicted molar refractivity (Wildman–Crippen MR) is 28.2 cm³/mol. The summed E-state index contributed by atoms with van der Waals surface area (Å²) >= 11 is 0. The number of rotatable bonds is 0. The van der Waals surface area contributed by atoms with Crippen LogP contribution < -0.4 is 0 Å². The summed E-state index contributed by atoms with van der Waals surface area (Å²) in [7, 11) is 0. The lowest BCUT2D eigenvalue weighted by Gasteiger charge is -2.26. The highest BCUT2D eigenvalue weighted by atomic mass is 19.1. The molecule has 0 spiro atoms. The fraction of sp³-hybridized carbons (Fsp3) is 1.00. The van der Waals surface area contributed by atoms with Crippen LogP contribution in [0.5, 0.6) is 0 Å². The van der Waals surface area contributed by atoms with E-state index >= 15 is 0 Å². The van der Waals surface area contributed by atoms with Gasteiger partial charge < -0.3 is 14.2 Å². The average molecular weight is 146 g/mol. The first-order valence-corrected chi connectivity index (χ1v) is 3.43. The number of alkyl halides is 1. The summed E-state index contributed by atoms with van der Waals surface area (Å²) < 4.78 is 27.9. The fourth-order valence-corrected chi connectivity index (χ4v) is 1.68. The molecule has 3 heterocycles. The molecule has 4 heteroatoms. The van der Waals surface area contributed by atoms with Crippen LogP contribution >= 0.6 is 0 Å². The highest BCUT2D eigenvalue weighted by Gasteiger charge is 2.63. The van der Waals surface area contributed by atoms with Crippen LogP contribution in [0.3, 0.4) is 0 Å². The number of hydrogen-bond donors (Lipinski definition) is 0. The number of ether oxygens (including phenoxy) is 3. The van der Waals surface area contributed by atoms with Gasteiger partial charge in [-0.15, -0.1) is 0 Å². The normalized spacial score (nSPS) is 63.9. The van der Waals surface area contributed by atoms with Crippen molar-refractivity contribution in [2.45, 2.75) is 30.8 Å². The zero-order valence-electron chi connectivity index (χ0n) is 5.20. The molecule has 0 saturated carbocycles. The quantitative estimate of drug-likeness (QED) is 0.445. The van der Waals surface area contributed by atoms with Crippen LogP contribution in [-0.2, 0) is 14.2 Å². The van der Waals surface area contributed by atoms with Crippen molar-refractivity contribution in [1.82, 2.24) is 0 Å². The molecule has 0 unspecified atom stereocenters. The molecule has 3 rings (SSSR count). The second-order valence-corrected chi connectivity index (χ2v) is 2.89. The minimum Gasteiger partial charge on any atom is -0.364 e. The Balaban J connectivity index is 1.90. The van der Waals surface area contributed by atoms with E-state index in [9.17, 15) is 4.39 Å². The molecular weight excluding hydrogens is 139 g/mol. The Hall–Kier alpha value is -0.190. The van der Waals surface area contributed by atoms with Crippen molar-refractivity contribution in [2.24, 2.45) is 0 Å². The molecule has 10 heavy (non-hydrogen) atoms. The summed E-state index contributed by atoms with van der Waals surface area (Å²) in [6.45, 7) is 0.346. The number of fused-ring (bicyclic) bond motifs is 5. The Bertz CT molecular complexity index is 172. The molecule has 0 radical (unpaired) electrons. The van der Waals surface area contributed by atoms with E-state index in [0.717, 1.165) is 0 Å². The maximum Gasteiger partial charge on any atom is 0.228 e. The standard InChI is InChI=1S/C6H7FO3/c7-6-5-4-3(10-4)2(9-5)1-8-6/h2-6H,1H2/t2-,3+,4+,5-,6+/m1/s1. The van der Waals surface area contributed by atoms with E-state index in [1.165, 1.54) is 0 Å². The molecule has 3 aliphatic heterocycles. The third kappa shape index (κ3) is 0.504. The van der Waals surface area contributed by atoms with Gasteiger partial charge in [0.25, 0.3) is 0 Å². The first-order valence-electron chi connectivity index (χ1n) is 3.43. The van der Waals surface area contributed by atoms with E-state index in [0.29, 0.717) is 6.61 Å². The van der Waals surface area contributed by atoms with Gasteiger partial charge in [-0.05, 0) is 0 Å². The average Bonchev–Trinajstić information content (AvgIpc) is 2.65. The Kier molecular flexibility index (Phi) is 0.829. The van der Waals surface area contributed by atoms with Gasteiger partial charge in [0.15, 0.2) is 0 Å². The van der Waals surface area contributed by atoms with Gasteiger partial charge in [0.05, 0.1) is 6.61 Å².